The third kappa shape index (κ3) is 5.17. The minimum atomic E-state index is -5.08. The van der Waals surface area contributed by atoms with Crippen LogP contribution >= 0.6 is 11.8 Å². The zero-order valence-electron chi connectivity index (χ0n) is 10.8. The van der Waals surface area contributed by atoms with E-state index in [0.29, 0.717) is 13.3 Å². The minimum Gasteiger partial charge on any atom is -0.479 e. The molecular weight excluding hydrogens is 285 g/mol. The van der Waals surface area contributed by atoms with Crippen molar-refractivity contribution in [2.75, 3.05) is 12.0 Å². The van der Waals surface area contributed by atoms with Crippen LogP contribution in [0.2, 0.25) is 0 Å². The van der Waals surface area contributed by atoms with Crippen molar-refractivity contribution < 1.29 is 27.9 Å². The molecule has 0 spiro atoms. The summed E-state index contributed by atoms with van der Waals surface area (Å²) in [6, 6.07) is -1.51. The van der Waals surface area contributed by atoms with Crippen molar-refractivity contribution in [1.29, 1.82) is 0 Å². The van der Waals surface area contributed by atoms with Crippen LogP contribution in [0.3, 0.4) is 0 Å². The Labute approximate surface area is 113 Å². The number of hydrogen-bond donors (Lipinski definition) is 3. The molecule has 0 aromatic rings. The smallest absolute Gasteiger partial charge is 0.422 e. The lowest BCUT2D eigenvalue weighted by molar-refractivity contribution is -0.203. The molecule has 2 amide bonds. The van der Waals surface area contributed by atoms with Gasteiger partial charge in [0.15, 0.2) is 0 Å². The van der Waals surface area contributed by atoms with Crippen LogP contribution in [-0.2, 0) is 4.79 Å². The number of carboxylic acid groups (broad SMARTS) is 1. The van der Waals surface area contributed by atoms with E-state index in [1.165, 1.54) is 17.1 Å². The van der Waals surface area contributed by atoms with Gasteiger partial charge < -0.3 is 15.7 Å². The number of alkyl halides is 3. The molecule has 2 atom stereocenters. The summed E-state index contributed by atoms with van der Waals surface area (Å²) >= 11 is 1.53. The van der Waals surface area contributed by atoms with Crippen LogP contribution in [0.15, 0.2) is 0 Å². The van der Waals surface area contributed by atoms with Crippen molar-refractivity contribution in [3.05, 3.63) is 0 Å². The van der Waals surface area contributed by atoms with Gasteiger partial charge in [0.05, 0.1) is 0 Å². The standard InChI is InChI=1S/C10H17F3N2O3S/c1-6(4-5-19-3)14-8(18)15-9(2,7(16)17)10(11,12)13/h6H,4-5H2,1-3H3,(H,16,17)(H2,14,15,18). The van der Waals surface area contributed by atoms with Gasteiger partial charge in [0.1, 0.15) is 0 Å². The van der Waals surface area contributed by atoms with Crippen LogP contribution in [0.1, 0.15) is 20.3 Å². The SMILES string of the molecule is CSCCC(C)NC(=O)NC(C)(C(=O)O)C(F)(F)F. The highest BCUT2D eigenvalue weighted by atomic mass is 32.2. The summed E-state index contributed by atoms with van der Waals surface area (Å²) in [5.41, 5.74) is -3.31. The number of hydrogen-bond acceptors (Lipinski definition) is 3. The number of rotatable bonds is 6. The lowest BCUT2D eigenvalue weighted by atomic mass is 10.0. The number of nitrogens with one attached hydrogen (secondary N) is 2. The van der Waals surface area contributed by atoms with Crippen molar-refractivity contribution in [3.8, 4) is 0 Å². The lowest BCUT2D eigenvalue weighted by Crippen LogP contribution is -2.64. The van der Waals surface area contributed by atoms with E-state index in [9.17, 15) is 22.8 Å². The Morgan fingerprint density at radius 3 is 2.26 bits per heavy atom. The molecule has 0 aliphatic heterocycles. The normalized spacial score (nSPS) is 16.3. The summed E-state index contributed by atoms with van der Waals surface area (Å²) in [5, 5.41) is 12.4. The molecular formula is C10H17F3N2O3S. The number of urea groups is 1. The summed E-state index contributed by atoms with van der Waals surface area (Å²) in [4.78, 5) is 22.1. The van der Waals surface area contributed by atoms with Gasteiger partial charge in [-0.1, -0.05) is 0 Å². The number of carboxylic acids is 1. The number of thioether (sulfide) groups is 1. The van der Waals surface area contributed by atoms with Gasteiger partial charge in [-0.2, -0.15) is 24.9 Å². The number of carbonyl (C=O) groups is 2. The molecule has 5 nitrogen and oxygen atoms in total. The van der Waals surface area contributed by atoms with Crippen LogP contribution in [0.4, 0.5) is 18.0 Å². The number of amides is 2. The predicted molar refractivity (Wildman–Crippen MR) is 66.2 cm³/mol. The number of halogens is 3. The van der Waals surface area contributed by atoms with E-state index in [-0.39, 0.29) is 6.04 Å². The summed E-state index contributed by atoms with van der Waals surface area (Å²) < 4.78 is 37.9. The van der Waals surface area contributed by atoms with E-state index >= 15 is 0 Å². The molecule has 0 saturated carbocycles. The largest absolute Gasteiger partial charge is 0.479 e. The van der Waals surface area contributed by atoms with Crippen LogP contribution in [0.25, 0.3) is 0 Å². The molecule has 9 heteroatoms. The number of carbonyl (C=O) groups excluding carboxylic acids is 1. The molecule has 0 radical (unpaired) electrons. The first-order valence-corrected chi connectivity index (χ1v) is 6.81. The highest BCUT2D eigenvalue weighted by molar-refractivity contribution is 7.98. The Hall–Kier alpha value is -1.12. The van der Waals surface area contributed by atoms with Crippen molar-refractivity contribution >= 4 is 23.8 Å². The van der Waals surface area contributed by atoms with E-state index < -0.39 is 23.7 Å². The average molecular weight is 302 g/mol. The molecule has 3 N–H and O–H groups in total. The molecule has 0 aliphatic rings. The molecule has 0 aromatic carbocycles. The van der Waals surface area contributed by atoms with Gasteiger partial charge in [-0.3, -0.25) is 0 Å². The molecule has 0 rings (SSSR count). The molecule has 0 fully saturated rings. The quantitative estimate of drug-likeness (QED) is 0.699. The van der Waals surface area contributed by atoms with Crippen LogP contribution in [0.5, 0.6) is 0 Å². The fourth-order valence-electron chi connectivity index (χ4n) is 1.10. The van der Waals surface area contributed by atoms with Gasteiger partial charge in [-0.25, -0.2) is 9.59 Å². The van der Waals surface area contributed by atoms with Gasteiger partial charge >= 0.3 is 18.2 Å². The Balaban J connectivity index is 4.63. The Bertz CT molecular complexity index is 338. The summed E-state index contributed by atoms with van der Waals surface area (Å²) in [7, 11) is 0. The highest BCUT2D eigenvalue weighted by Gasteiger charge is 2.58. The van der Waals surface area contributed by atoms with Crippen LogP contribution in [-0.4, -0.2) is 46.9 Å². The second-order valence-corrected chi connectivity index (χ2v) is 5.19. The van der Waals surface area contributed by atoms with Crippen molar-refractivity contribution in [1.82, 2.24) is 10.6 Å². The maximum absolute atomic E-state index is 12.6. The Morgan fingerprint density at radius 2 is 1.89 bits per heavy atom. The van der Waals surface area contributed by atoms with E-state index in [0.717, 1.165) is 5.75 Å². The minimum absolute atomic E-state index is 0.348. The van der Waals surface area contributed by atoms with Gasteiger partial charge in [-0.15, -0.1) is 0 Å². The third-order valence-electron chi connectivity index (χ3n) is 2.49. The molecule has 19 heavy (non-hydrogen) atoms. The Morgan fingerprint density at radius 1 is 1.37 bits per heavy atom. The van der Waals surface area contributed by atoms with Gasteiger partial charge in [0.25, 0.3) is 0 Å². The first-order chi connectivity index (χ1) is 8.54. The molecule has 0 heterocycles. The second kappa shape index (κ2) is 6.88. The molecule has 112 valence electrons. The van der Waals surface area contributed by atoms with Gasteiger partial charge in [0, 0.05) is 6.04 Å². The summed E-state index contributed by atoms with van der Waals surface area (Å²) in [6.07, 6.45) is -2.65. The Kier molecular flexibility index (Phi) is 6.47. The summed E-state index contributed by atoms with van der Waals surface area (Å²) in [6.45, 7) is 2.03. The summed E-state index contributed by atoms with van der Waals surface area (Å²) in [5.74, 6) is -1.43. The van der Waals surface area contributed by atoms with E-state index in [1.54, 1.807) is 6.92 Å². The van der Waals surface area contributed by atoms with E-state index in [4.69, 9.17) is 5.11 Å². The molecule has 0 bridgehead atoms. The third-order valence-corrected chi connectivity index (χ3v) is 3.13. The fraction of sp³-hybridized carbons (Fsp3) is 0.800. The van der Waals surface area contributed by atoms with Crippen molar-refractivity contribution in [2.24, 2.45) is 0 Å². The van der Waals surface area contributed by atoms with Crippen molar-refractivity contribution in [3.63, 3.8) is 0 Å². The van der Waals surface area contributed by atoms with Crippen LogP contribution < -0.4 is 10.6 Å². The average Bonchev–Trinajstić information content (AvgIpc) is 2.24. The molecule has 0 saturated heterocycles. The monoisotopic (exact) mass is 302 g/mol. The van der Waals surface area contributed by atoms with E-state index in [1.807, 2.05) is 6.26 Å². The maximum atomic E-state index is 12.6. The molecule has 2 unspecified atom stereocenters. The second-order valence-electron chi connectivity index (χ2n) is 4.21. The zero-order chi connectivity index (χ0) is 15.3. The van der Waals surface area contributed by atoms with E-state index in [2.05, 4.69) is 5.32 Å². The topological polar surface area (TPSA) is 78.4 Å². The first kappa shape index (κ1) is 17.9. The van der Waals surface area contributed by atoms with Gasteiger partial charge in [-0.05, 0) is 32.3 Å². The highest BCUT2D eigenvalue weighted by Crippen LogP contribution is 2.30. The number of aliphatic carboxylic acids is 1. The maximum Gasteiger partial charge on any atom is 0.422 e. The fourth-order valence-corrected chi connectivity index (χ4v) is 1.69. The predicted octanol–water partition coefficient (Wildman–Crippen LogP) is 1.83. The lowest BCUT2D eigenvalue weighted by Gasteiger charge is -2.29. The first-order valence-electron chi connectivity index (χ1n) is 5.42. The molecule has 0 aliphatic carbocycles. The van der Waals surface area contributed by atoms with Gasteiger partial charge in [0.2, 0.25) is 5.54 Å². The van der Waals surface area contributed by atoms with Crippen LogP contribution in [0, 0.1) is 0 Å². The zero-order valence-corrected chi connectivity index (χ0v) is 11.6. The molecule has 0 aromatic heterocycles. The van der Waals surface area contributed by atoms with Crippen molar-refractivity contribution in [2.45, 2.75) is 38.0 Å².